The van der Waals surface area contributed by atoms with Crippen molar-refractivity contribution in [1.82, 2.24) is 10.2 Å². The Balaban J connectivity index is 2.10. The number of hydrogen-bond acceptors (Lipinski definition) is 5. The minimum absolute atomic E-state index is 0.362. The highest BCUT2D eigenvalue weighted by atomic mass is 32.2. The van der Waals surface area contributed by atoms with Gasteiger partial charge in [0.1, 0.15) is 4.99 Å². The fourth-order valence-corrected chi connectivity index (χ4v) is 2.92. The topological polar surface area (TPSA) is 63.8 Å². The molecule has 0 aromatic carbocycles. The highest BCUT2D eigenvalue weighted by Gasteiger charge is 2.16. The van der Waals surface area contributed by atoms with E-state index in [0.29, 0.717) is 16.8 Å². The van der Waals surface area contributed by atoms with Crippen molar-refractivity contribution >= 4 is 34.8 Å². The van der Waals surface area contributed by atoms with E-state index < -0.39 is 0 Å². The molecule has 0 radical (unpaired) electrons. The Morgan fingerprint density at radius 2 is 2.50 bits per heavy atom. The Kier molecular flexibility index (Phi) is 3.95. The smallest absolute Gasteiger partial charge is 0.159 e. The van der Waals surface area contributed by atoms with E-state index in [-0.39, 0.29) is 0 Å². The first kappa shape index (κ1) is 11.6. The number of nitrogens with two attached hydrogens (primary N) is 1. The number of anilines is 1. The first-order valence-electron chi connectivity index (χ1n) is 5.23. The molecule has 6 heteroatoms. The third kappa shape index (κ3) is 2.82. The SMILES string of the molecule is NC(=S)c1ccnnc1NC1CCCSC1. The zero-order valence-electron chi connectivity index (χ0n) is 8.85. The molecule has 1 aliphatic rings. The zero-order chi connectivity index (χ0) is 11.4. The second kappa shape index (κ2) is 5.45. The van der Waals surface area contributed by atoms with Crippen molar-refractivity contribution in [2.45, 2.75) is 18.9 Å². The molecule has 86 valence electrons. The van der Waals surface area contributed by atoms with E-state index in [9.17, 15) is 0 Å². The van der Waals surface area contributed by atoms with Crippen LogP contribution in [-0.2, 0) is 0 Å². The van der Waals surface area contributed by atoms with Crippen molar-refractivity contribution in [3.63, 3.8) is 0 Å². The van der Waals surface area contributed by atoms with Gasteiger partial charge in [0.25, 0.3) is 0 Å². The van der Waals surface area contributed by atoms with Crippen molar-refractivity contribution in [3.8, 4) is 0 Å². The van der Waals surface area contributed by atoms with Crippen LogP contribution in [0.15, 0.2) is 12.3 Å². The maximum absolute atomic E-state index is 5.64. The molecule has 1 atom stereocenters. The average molecular weight is 254 g/mol. The standard InChI is InChI=1S/C10H14N4S2/c11-9(15)8-3-4-12-14-10(8)13-7-2-1-5-16-6-7/h3-4,7H,1-2,5-6H2,(H2,11,15)(H,13,14). The van der Waals surface area contributed by atoms with Crippen LogP contribution in [0.25, 0.3) is 0 Å². The van der Waals surface area contributed by atoms with Crippen molar-refractivity contribution < 1.29 is 0 Å². The lowest BCUT2D eigenvalue weighted by Crippen LogP contribution is -2.28. The first-order valence-corrected chi connectivity index (χ1v) is 6.79. The summed E-state index contributed by atoms with van der Waals surface area (Å²) < 4.78 is 0. The third-order valence-electron chi connectivity index (χ3n) is 2.49. The zero-order valence-corrected chi connectivity index (χ0v) is 10.5. The molecule has 2 heterocycles. The molecule has 2 rings (SSSR count). The van der Waals surface area contributed by atoms with Gasteiger partial charge in [-0.25, -0.2) is 0 Å². The highest BCUT2D eigenvalue weighted by Crippen LogP contribution is 2.21. The van der Waals surface area contributed by atoms with Gasteiger partial charge in [-0.1, -0.05) is 12.2 Å². The summed E-state index contributed by atoms with van der Waals surface area (Å²) in [5.74, 6) is 3.07. The van der Waals surface area contributed by atoms with Gasteiger partial charge in [0.2, 0.25) is 0 Å². The molecule has 0 saturated carbocycles. The molecule has 1 saturated heterocycles. The van der Waals surface area contributed by atoms with E-state index in [2.05, 4.69) is 15.5 Å². The normalized spacial score (nSPS) is 20.4. The highest BCUT2D eigenvalue weighted by molar-refractivity contribution is 7.99. The third-order valence-corrected chi connectivity index (χ3v) is 3.92. The Labute approximate surface area is 104 Å². The Morgan fingerprint density at radius 1 is 1.62 bits per heavy atom. The number of thiocarbonyl (C=S) groups is 1. The van der Waals surface area contributed by atoms with E-state index in [0.717, 1.165) is 11.3 Å². The molecule has 1 aromatic heterocycles. The average Bonchev–Trinajstić information content (AvgIpc) is 2.31. The minimum Gasteiger partial charge on any atom is -0.389 e. The Hall–Kier alpha value is -0.880. The molecule has 1 unspecified atom stereocenters. The molecule has 0 bridgehead atoms. The van der Waals surface area contributed by atoms with Gasteiger partial charge in [0.05, 0.1) is 11.8 Å². The first-order chi connectivity index (χ1) is 7.77. The van der Waals surface area contributed by atoms with Crippen LogP contribution >= 0.6 is 24.0 Å². The second-order valence-electron chi connectivity index (χ2n) is 3.72. The molecule has 1 fully saturated rings. The summed E-state index contributed by atoms with van der Waals surface area (Å²) in [7, 11) is 0. The molecule has 1 aliphatic heterocycles. The van der Waals surface area contributed by atoms with Crippen LogP contribution in [-0.4, -0.2) is 32.7 Å². The molecular weight excluding hydrogens is 240 g/mol. The largest absolute Gasteiger partial charge is 0.389 e. The van der Waals surface area contributed by atoms with Crippen molar-refractivity contribution in [2.75, 3.05) is 16.8 Å². The summed E-state index contributed by atoms with van der Waals surface area (Å²) in [6.07, 6.45) is 4.01. The molecule has 1 aromatic rings. The molecule has 16 heavy (non-hydrogen) atoms. The van der Waals surface area contributed by atoms with Crippen LogP contribution < -0.4 is 11.1 Å². The van der Waals surface area contributed by atoms with E-state index in [4.69, 9.17) is 18.0 Å². The number of rotatable bonds is 3. The summed E-state index contributed by atoms with van der Waals surface area (Å²) in [5.41, 5.74) is 6.42. The number of thioether (sulfide) groups is 1. The van der Waals surface area contributed by atoms with Gasteiger partial charge in [0, 0.05) is 11.8 Å². The number of hydrogen-bond donors (Lipinski definition) is 2. The monoisotopic (exact) mass is 254 g/mol. The summed E-state index contributed by atoms with van der Waals surface area (Å²) in [6.45, 7) is 0. The van der Waals surface area contributed by atoms with E-state index in [1.165, 1.54) is 18.6 Å². The van der Waals surface area contributed by atoms with Gasteiger partial charge in [-0.15, -0.1) is 5.10 Å². The van der Waals surface area contributed by atoms with Gasteiger partial charge in [-0.3, -0.25) is 0 Å². The minimum atomic E-state index is 0.362. The molecular formula is C10H14N4S2. The van der Waals surface area contributed by atoms with Crippen LogP contribution in [0.4, 0.5) is 5.82 Å². The predicted molar refractivity (Wildman–Crippen MR) is 71.9 cm³/mol. The van der Waals surface area contributed by atoms with Crippen LogP contribution in [0.3, 0.4) is 0 Å². The lowest BCUT2D eigenvalue weighted by Gasteiger charge is -2.23. The van der Waals surface area contributed by atoms with Crippen LogP contribution in [0.5, 0.6) is 0 Å². The summed E-state index contributed by atoms with van der Waals surface area (Å²) >= 11 is 6.94. The molecule has 3 N–H and O–H groups in total. The maximum atomic E-state index is 5.64. The molecule has 0 amide bonds. The number of aromatic nitrogens is 2. The fourth-order valence-electron chi connectivity index (χ4n) is 1.69. The molecule has 0 spiro atoms. The van der Waals surface area contributed by atoms with Gasteiger partial charge in [0.15, 0.2) is 5.82 Å². The van der Waals surface area contributed by atoms with Crippen LogP contribution in [0.1, 0.15) is 18.4 Å². The van der Waals surface area contributed by atoms with Crippen molar-refractivity contribution in [3.05, 3.63) is 17.8 Å². The number of nitrogens with one attached hydrogen (secondary N) is 1. The van der Waals surface area contributed by atoms with Crippen molar-refractivity contribution in [2.24, 2.45) is 5.73 Å². The second-order valence-corrected chi connectivity index (χ2v) is 5.31. The lowest BCUT2D eigenvalue weighted by atomic mass is 10.1. The number of nitrogens with zero attached hydrogens (tertiary/aromatic N) is 2. The molecule has 0 aliphatic carbocycles. The summed E-state index contributed by atoms with van der Waals surface area (Å²) in [6, 6.07) is 2.25. The Bertz CT molecular complexity index is 377. The lowest BCUT2D eigenvalue weighted by molar-refractivity contribution is 0.680. The van der Waals surface area contributed by atoms with E-state index in [1.807, 2.05) is 11.8 Å². The maximum Gasteiger partial charge on any atom is 0.159 e. The van der Waals surface area contributed by atoms with E-state index in [1.54, 1.807) is 12.3 Å². The molecule has 4 nitrogen and oxygen atoms in total. The van der Waals surface area contributed by atoms with Gasteiger partial charge in [-0.2, -0.15) is 16.9 Å². The van der Waals surface area contributed by atoms with Gasteiger partial charge in [-0.05, 0) is 24.7 Å². The van der Waals surface area contributed by atoms with Crippen molar-refractivity contribution in [1.29, 1.82) is 0 Å². The summed E-state index contributed by atoms with van der Waals surface area (Å²) in [4.78, 5) is 0.362. The van der Waals surface area contributed by atoms with Crippen LogP contribution in [0, 0.1) is 0 Å². The fraction of sp³-hybridized carbons (Fsp3) is 0.500. The van der Waals surface area contributed by atoms with Gasteiger partial charge >= 0.3 is 0 Å². The predicted octanol–water partition coefficient (Wildman–Crippen LogP) is 1.42. The van der Waals surface area contributed by atoms with Crippen LogP contribution in [0.2, 0.25) is 0 Å². The van der Waals surface area contributed by atoms with Gasteiger partial charge < -0.3 is 11.1 Å². The quantitative estimate of drug-likeness (QED) is 0.795. The Morgan fingerprint density at radius 3 is 3.19 bits per heavy atom. The van der Waals surface area contributed by atoms with E-state index >= 15 is 0 Å². The summed E-state index contributed by atoms with van der Waals surface area (Å²) in [5, 5.41) is 11.3.